The maximum atomic E-state index is 13.6. The molecule has 3 atom stereocenters. The van der Waals surface area contributed by atoms with E-state index in [0.717, 1.165) is 30.5 Å². The summed E-state index contributed by atoms with van der Waals surface area (Å²) in [5, 5.41) is 20.1. The van der Waals surface area contributed by atoms with E-state index >= 15 is 0 Å². The molecule has 1 aromatic carbocycles. The number of carbonyl (C=O) groups is 1. The average molecular weight is 344 g/mol. The molecule has 2 aliphatic rings. The summed E-state index contributed by atoms with van der Waals surface area (Å²) in [6.45, 7) is 0.246. The Labute approximate surface area is 145 Å². The molecule has 2 aromatic rings. The molecule has 25 heavy (non-hydrogen) atoms. The number of amides is 2. The molecule has 2 heterocycles. The highest BCUT2D eigenvalue weighted by Crippen LogP contribution is 2.34. The minimum absolute atomic E-state index is 0.107. The Bertz CT molecular complexity index is 778. The molecule has 1 saturated heterocycles. The number of hydrogen-bond donors (Lipinski definition) is 3. The van der Waals surface area contributed by atoms with Crippen molar-refractivity contribution in [3.8, 4) is 0 Å². The Morgan fingerprint density at radius 3 is 3.16 bits per heavy atom. The summed E-state index contributed by atoms with van der Waals surface area (Å²) in [4.78, 5) is 14.4. The molecule has 2 amide bonds. The number of aliphatic hydroxyl groups excluding tert-OH is 1. The number of halogens is 1. The SMILES string of the molecule is O=C(NC1CCCc2cn[nH]c21)N1CC(O)CC1c1cccc(F)c1. The Morgan fingerprint density at radius 1 is 1.44 bits per heavy atom. The number of nitrogens with one attached hydrogen (secondary N) is 2. The second kappa shape index (κ2) is 6.48. The van der Waals surface area contributed by atoms with E-state index in [4.69, 9.17) is 0 Å². The lowest BCUT2D eigenvalue weighted by Crippen LogP contribution is -2.42. The van der Waals surface area contributed by atoms with Crippen LogP contribution < -0.4 is 5.32 Å². The first kappa shape index (κ1) is 16.1. The van der Waals surface area contributed by atoms with Crippen molar-refractivity contribution < 1.29 is 14.3 Å². The first-order valence-electron chi connectivity index (χ1n) is 8.64. The molecule has 3 unspecified atom stereocenters. The number of fused-ring (bicyclic) bond motifs is 1. The molecule has 7 heteroatoms. The molecule has 0 radical (unpaired) electrons. The molecule has 1 aliphatic carbocycles. The zero-order valence-electron chi connectivity index (χ0n) is 13.8. The van der Waals surface area contributed by atoms with Crippen molar-refractivity contribution in [2.24, 2.45) is 0 Å². The summed E-state index contributed by atoms with van der Waals surface area (Å²) >= 11 is 0. The number of benzene rings is 1. The van der Waals surface area contributed by atoms with Gasteiger partial charge in [0.15, 0.2) is 0 Å². The van der Waals surface area contributed by atoms with Crippen LogP contribution in [0.15, 0.2) is 30.5 Å². The number of likely N-dealkylation sites (tertiary alicyclic amines) is 1. The maximum Gasteiger partial charge on any atom is 0.318 e. The van der Waals surface area contributed by atoms with Gasteiger partial charge in [-0.2, -0.15) is 5.10 Å². The van der Waals surface area contributed by atoms with E-state index in [1.54, 1.807) is 17.0 Å². The number of β-amino-alcohol motifs (C(OH)–C–C–N with tert-alkyl or cyclic N) is 1. The van der Waals surface area contributed by atoms with Crippen LogP contribution in [0.3, 0.4) is 0 Å². The number of H-pyrrole nitrogens is 1. The smallest absolute Gasteiger partial charge is 0.318 e. The lowest BCUT2D eigenvalue weighted by Gasteiger charge is -2.29. The van der Waals surface area contributed by atoms with Crippen molar-refractivity contribution in [3.63, 3.8) is 0 Å². The first-order valence-corrected chi connectivity index (χ1v) is 8.64. The summed E-state index contributed by atoms with van der Waals surface area (Å²) < 4.78 is 13.6. The number of aryl methyl sites for hydroxylation is 1. The third-order valence-electron chi connectivity index (χ3n) is 5.11. The summed E-state index contributed by atoms with van der Waals surface area (Å²) in [6, 6.07) is 5.55. The van der Waals surface area contributed by atoms with Crippen molar-refractivity contribution in [3.05, 3.63) is 53.1 Å². The van der Waals surface area contributed by atoms with E-state index < -0.39 is 6.10 Å². The number of aromatic amines is 1. The van der Waals surface area contributed by atoms with E-state index in [2.05, 4.69) is 15.5 Å². The Balaban J connectivity index is 1.53. The molecule has 3 N–H and O–H groups in total. The second-order valence-electron chi connectivity index (χ2n) is 6.82. The number of aliphatic hydroxyl groups is 1. The van der Waals surface area contributed by atoms with E-state index in [-0.39, 0.29) is 30.5 Å². The predicted molar refractivity (Wildman–Crippen MR) is 89.3 cm³/mol. The minimum atomic E-state index is -0.604. The van der Waals surface area contributed by atoms with Crippen LogP contribution in [0, 0.1) is 5.82 Å². The molecular weight excluding hydrogens is 323 g/mol. The summed E-state index contributed by atoms with van der Waals surface area (Å²) in [5.41, 5.74) is 2.80. The van der Waals surface area contributed by atoms with Gasteiger partial charge in [-0.25, -0.2) is 9.18 Å². The Hall–Kier alpha value is -2.41. The number of rotatable bonds is 2. The van der Waals surface area contributed by atoms with Crippen molar-refractivity contribution in [1.29, 1.82) is 0 Å². The fourth-order valence-corrected chi connectivity index (χ4v) is 3.91. The summed E-state index contributed by atoms with van der Waals surface area (Å²) in [5.74, 6) is -0.339. The summed E-state index contributed by atoms with van der Waals surface area (Å²) in [6.07, 6.45) is 4.43. The monoisotopic (exact) mass is 344 g/mol. The highest BCUT2D eigenvalue weighted by atomic mass is 19.1. The topological polar surface area (TPSA) is 81.2 Å². The van der Waals surface area contributed by atoms with Gasteiger partial charge in [0.25, 0.3) is 0 Å². The predicted octanol–water partition coefficient (Wildman–Crippen LogP) is 2.44. The molecule has 4 rings (SSSR count). The van der Waals surface area contributed by atoms with Crippen LogP contribution in [-0.2, 0) is 6.42 Å². The number of carbonyl (C=O) groups excluding carboxylic acids is 1. The lowest BCUT2D eigenvalue weighted by atomic mass is 9.94. The molecule has 1 fully saturated rings. The van der Waals surface area contributed by atoms with E-state index in [1.165, 1.54) is 12.1 Å². The van der Waals surface area contributed by atoms with Crippen LogP contribution in [0.4, 0.5) is 9.18 Å². The number of urea groups is 1. The van der Waals surface area contributed by atoms with Gasteiger partial charge in [-0.05, 0) is 48.9 Å². The second-order valence-corrected chi connectivity index (χ2v) is 6.82. The highest BCUT2D eigenvalue weighted by Gasteiger charge is 2.37. The number of aromatic nitrogens is 2. The number of nitrogens with zero attached hydrogens (tertiary/aromatic N) is 2. The molecule has 6 nitrogen and oxygen atoms in total. The number of hydrogen-bond acceptors (Lipinski definition) is 3. The van der Waals surface area contributed by atoms with Gasteiger partial charge in [-0.15, -0.1) is 0 Å². The first-order chi connectivity index (χ1) is 12.1. The molecule has 1 aliphatic heterocycles. The fraction of sp³-hybridized carbons (Fsp3) is 0.444. The van der Waals surface area contributed by atoms with Crippen molar-refractivity contribution in [1.82, 2.24) is 20.4 Å². The van der Waals surface area contributed by atoms with Gasteiger partial charge in [0, 0.05) is 6.54 Å². The quantitative estimate of drug-likeness (QED) is 0.783. The largest absolute Gasteiger partial charge is 0.391 e. The van der Waals surface area contributed by atoms with Gasteiger partial charge in [0.05, 0.1) is 30.1 Å². The van der Waals surface area contributed by atoms with E-state index in [9.17, 15) is 14.3 Å². The van der Waals surface area contributed by atoms with Crippen molar-refractivity contribution in [2.75, 3.05) is 6.54 Å². The highest BCUT2D eigenvalue weighted by molar-refractivity contribution is 5.76. The third-order valence-corrected chi connectivity index (χ3v) is 5.11. The molecule has 0 saturated carbocycles. The zero-order chi connectivity index (χ0) is 17.4. The van der Waals surface area contributed by atoms with Crippen LogP contribution in [-0.4, -0.2) is 38.9 Å². The minimum Gasteiger partial charge on any atom is -0.391 e. The van der Waals surface area contributed by atoms with Crippen LogP contribution in [0.5, 0.6) is 0 Å². The molecule has 0 spiro atoms. The van der Waals surface area contributed by atoms with Crippen LogP contribution in [0.2, 0.25) is 0 Å². The molecule has 1 aromatic heterocycles. The average Bonchev–Trinajstić information content (AvgIpc) is 3.22. The lowest BCUT2D eigenvalue weighted by molar-refractivity contribution is 0.166. The standard InChI is InChI=1S/C18H21FN4O2/c19-13-5-1-3-11(7-13)16-8-14(24)10-23(16)18(25)21-15-6-2-4-12-9-20-22-17(12)15/h1,3,5,7,9,14-16,24H,2,4,6,8,10H2,(H,20,22)(H,21,25). The van der Waals surface area contributed by atoms with Crippen LogP contribution in [0.25, 0.3) is 0 Å². The normalized spacial score (nSPS) is 25.7. The van der Waals surface area contributed by atoms with Gasteiger partial charge in [0.2, 0.25) is 0 Å². The third kappa shape index (κ3) is 3.11. The van der Waals surface area contributed by atoms with E-state index in [1.807, 2.05) is 6.20 Å². The zero-order valence-corrected chi connectivity index (χ0v) is 13.8. The van der Waals surface area contributed by atoms with Crippen LogP contribution >= 0.6 is 0 Å². The molecular formula is C18H21FN4O2. The molecule has 132 valence electrons. The van der Waals surface area contributed by atoms with Gasteiger partial charge >= 0.3 is 6.03 Å². The van der Waals surface area contributed by atoms with Gasteiger partial charge in [0.1, 0.15) is 5.82 Å². The van der Waals surface area contributed by atoms with Gasteiger partial charge < -0.3 is 15.3 Å². The fourth-order valence-electron chi connectivity index (χ4n) is 3.91. The van der Waals surface area contributed by atoms with Gasteiger partial charge in [-0.3, -0.25) is 5.10 Å². The van der Waals surface area contributed by atoms with Gasteiger partial charge in [-0.1, -0.05) is 12.1 Å². The van der Waals surface area contributed by atoms with Crippen LogP contribution in [0.1, 0.15) is 48.2 Å². The Morgan fingerprint density at radius 2 is 2.32 bits per heavy atom. The maximum absolute atomic E-state index is 13.6. The van der Waals surface area contributed by atoms with Crippen molar-refractivity contribution in [2.45, 2.75) is 43.9 Å². The molecule has 0 bridgehead atoms. The van der Waals surface area contributed by atoms with Crippen molar-refractivity contribution >= 4 is 6.03 Å². The van der Waals surface area contributed by atoms with E-state index in [0.29, 0.717) is 12.0 Å². The Kier molecular flexibility index (Phi) is 4.17. The summed E-state index contributed by atoms with van der Waals surface area (Å²) in [7, 11) is 0.